The van der Waals surface area contributed by atoms with Crippen LogP contribution in [0.2, 0.25) is 0 Å². The summed E-state index contributed by atoms with van der Waals surface area (Å²) in [5, 5.41) is 2.18. The van der Waals surface area contributed by atoms with Gasteiger partial charge in [0.15, 0.2) is 0 Å². The van der Waals surface area contributed by atoms with Crippen molar-refractivity contribution in [1.29, 1.82) is 0 Å². The zero-order valence-corrected chi connectivity index (χ0v) is 15.1. The molecule has 2 aromatic rings. The lowest BCUT2D eigenvalue weighted by Crippen LogP contribution is -2.26. The van der Waals surface area contributed by atoms with Crippen LogP contribution >= 0.6 is 11.3 Å². The summed E-state index contributed by atoms with van der Waals surface area (Å²) in [7, 11) is 0. The van der Waals surface area contributed by atoms with Crippen LogP contribution in [-0.4, -0.2) is 42.3 Å². The molecule has 2 fully saturated rings. The molecule has 3 atom stereocenters. The Morgan fingerprint density at radius 3 is 2.96 bits per heavy atom. The molecule has 4 heterocycles. The number of thiophene rings is 1. The van der Waals surface area contributed by atoms with Gasteiger partial charge < -0.3 is 9.47 Å². The van der Waals surface area contributed by atoms with Crippen molar-refractivity contribution in [3.8, 4) is 5.75 Å². The minimum absolute atomic E-state index is 0.370. The van der Waals surface area contributed by atoms with Crippen LogP contribution in [0, 0.1) is 25.7 Å². The maximum atomic E-state index is 6.04. The standard InChI is InChI=1S/C19H24N2O2S/c1-13-5-6-24-19(13)10-21-8-17-15(12-23-18(17)9-21)11-22-16-4-3-14(2)20-7-16/h3-7,15,17-18H,8-12H2,1-2H3/t15-,17-,18-/m0/s1. The summed E-state index contributed by atoms with van der Waals surface area (Å²) in [6.45, 7) is 8.94. The average molecular weight is 344 g/mol. The number of rotatable bonds is 5. The summed E-state index contributed by atoms with van der Waals surface area (Å²) in [4.78, 5) is 8.31. The number of likely N-dealkylation sites (tertiary alicyclic amines) is 1. The number of aromatic nitrogens is 1. The molecule has 0 saturated carbocycles. The predicted molar refractivity (Wildman–Crippen MR) is 95.5 cm³/mol. The molecule has 4 rings (SSSR count). The van der Waals surface area contributed by atoms with E-state index in [4.69, 9.17) is 9.47 Å². The van der Waals surface area contributed by atoms with Crippen LogP contribution in [-0.2, 0) is 11.3 Å². The molecule has 2 aromatic heterocycles. The fourth-order valence-electron chi connectivity index (χ4n) is 3.69. The van der Waals surface area contributed by atoms with Crippen molar-refractivity contribution in [2.24, 2.45) is 11.8 Å². The fourth-order valence-corrected chi connectivity index (χ4v) is 4.64. The molecule has 0 N–H and O–H groups in total. The lowest BCUT2D eigenvalue weighted by atomic mass is 9.94. The van der Waals surface area contributed by atoms with E-state index in [1.54, 1.807) is 0 Å². The number of fused-ring (bicyclic) bond motifs is 1. The molecule has 0 aliphatic carbocycles. The first-order chi connectivity index (χ1) is 11.7. The number of hydrogen-bond acceptors (Lipinski definition) is 5. The number of ether oxygens (including phenoxy) is 2. The highest BCUT2D eigenvalue weighted by molar-refractivity contribution is 7.10. The third-order valence-corrected chi connectivity index (χ3v) is 6.21. The molecule has 24 heavy (non-hydrogen) atoms. The molecule has 0 radical (unpaired) electrons. The molecular formula is C19H24N2O2S. The highest BCUT2D eigenvalue weighted by Gasteiger charge is 2.44. The van der Waals surface area contributed by atoms with Gasteiger partial charge in [-0.1, -0.05) is 0 Å². The van der Waals surface area contributed by atoms with E-state index in [0.29, 0.717) is 17.9 Å². The largest absolute Gasteiger partial charge is 0.492 e. The SMILES string of the molecule is Cc1ccc(OC[C@H]2CO[C@H]3CN(Cc4sccc4C)C[C@@H]23)cn1. The maximum Gasteiger partial charge on any atom is 0.137 e. The first kappa shape index (κ1) is 16.1. The van der Waals surface area contributed by atoms with Crippen LogP contribution < -0.4 is 4.74 Å². The molecule has 4 nitrogen and oxygen atoms in total. The van der Waals surface area contributed by atoms with E-state index < -0.39 is 0 Å². The number of aryl methyl sites for hydroxylation is 2. The number of hydrogen-bond donors (Lipinski definition) is 0. The van der Waals surface area contributed by atoms with Gasteiger partial charge in [-0.3, -0.25) is 9.88 Å². The van der Waals surface area contributed by atoms with Gasteiger partial charge in [-0.25, -0.2) is 0 Å². The Morgan fingerprint density at radius 1 is 1.29 bits per heavy atom. The van der Waals surface area contributed by atoms with Crippen molar-refractivity contribution in [2.75, 3.05) is 26.3 Å². The maximum absolute atomic E-state index is 6.04. The van der Waals surface area contributed by atoms with E-state index in [2.05, 4.69) is 28.3 Å². The lowest BCUT2D eigenvalue weighted by molar-refractivity contribution is 0.0898. The highest BCUT2D eigenvalue weighted by atomic mass is 32.1. The van der Waals surface area contributed by atoms with Crippen molar-refractivity contribution in [3.63, 3.8) is 0 Å². The predicted octanol–water partition coefficient (Wildman–Crippen LogP) is 3.29. The van der Waals surface area contributed by atoms with Gasteiger partial charge in [-0.05, 0) is 43.0 Å². The van der Waals surface area contributed by atoms with E-state index in [-0.39, 0.29) is 0 Å². The smallest absolute Gasteiger partial charge is 0.137 e. The normalized spacial score (nSPS) is 26.7. The Hall–Kier alpha value is -1.43. The molecular weight excluding hydrogens is 320 g/mol. The van der Waals surface area contributed by atoms with Gasteiger partial charge in [0.2, 0.25) is 0 Å². The molecule has 0 bridgehead atoms. The Morgan fingerprint density at radius 2 is 2.21 bits per heavy atom. The minimum atomic E-state index is 0.370. The second kappa shape index (κ2) is 6.82. The van der Waals surface area contributed by atoms with Crippen LogP contribution in [0.3, 0.4) is 0 Å². The van der Waals surface area contributed by atoms with E-state index in [0.717, 1.165) is 44.3 Å². The minimum Gasteiger partial charge on any atom is -0.492 e. The van der Waals surface area contributed by atoms with Crippen LogP contribution in [0.1, 0.15) is 16.1 Å². The number of nitrogens with zero attached hydrogens (tertiary/aromatic N) is 2. The third-order valence-electron chi connectivity index (χ3n) is 5.20. The Bertz CT molecular complexity index is 685. The lowest BCUT2D eigenvalue weighted by Gasteiger charge is -2.19. The monoisotopic (exact) mass is 344 g/mol. The van der Waals surface area contributed by atoms with Gasteiger partial charge in [0.25, 0.3) is 0 Å². The van der Waals surface area contributed by atoms with Crippen molar-refractivity contribution < 1.29 is 9.47 Å². The number of pyridine rings is 1. The quantitative estimate of drug-likeness (QED) is 0.834. The second-order valence-electron chi connectivity index (χ2n) is 6.96. The van der Waals surface area contributed by atoms with Crippen LogP contribution in [0.25, 0.3) is 0 Å². The Kier molecular flexibility index (Phi) is 4.57. The molecule has 2 aliphatic heterocycles. The first-order valence-corrected chi connectivity index (χ1v) is 9.49. The molecule has 0 spiro atoms. The van der Waals surface area contributed by atoms with E-state index in [1.165, 1.54) is 10.4 Å². The van der Waals surface area contributed by atoms with Crippen LogP contribution in [0.15, 0.2) is 29.8 Å². The molecule has 2 aliphatic rings. The average Bonchev–Trinajstić information content (AvgIpc) is 3.25. The fraction of sp³-hybridized carbons (Fsp3) is 0.526. The van der Waals surface area contributed by atoms with Crippen molar-refractivity contribution in [3.05, 3.63) is 45.9 Å². The molecule has 0 amide bonds. The van der Waals surface area contributed by atoms with Gasteiger partial charge >= 0.3 is 0 Å². The van der Waals surface area contributed by atoms with Gasteiger partial charge in [0, 0.05) is 42.0 Å². The third kappa shape index (κ3) is 3.34. The van der Waals surface area contributed by atoms with Gasteiger partial charge in [-0.15, -0.1) is 11.3 Å². The van der Waals surface area contributed by atoms with E-state index in [1.807, 2.05) is 36.6 Å². The molecule has 5 heteroatoms. The molecule has 2 saturated heterocycles. The van der Waals surface area contributed by atoms with Crippen molar-refractivity contribution in [1.82, 2.24) is 9.88 Å². The zero-order valence-electron chi connectivity index (χ0n) is 14.3. The van der Waals surface area contributed by atoms with Crippen molar-refractivity contribution in [2.45, 2.75) is 26.5 Å². The van der Waals surface area contributed by atoms with Crippen LogP contribution in [0.4, 0.5) is 0 Å². The molecule has 0 unspecified atom stereocenters. The molecule has 0 aromatic carbocycles. The first-order valence-electron chi connectivity index (χ1n) is 8.61. The van der Waals surface area contributed by atoms with E-state index in [9.17, 15) is 0 Å². The Balaban J connectivity index is 1.32. The summed E-state index contributed by atoms with van der Waals surface area (Å²) >= 11 is 1.86. The van der Waals surface area contributed by atoms with Crippen LogP contribution in [0.5, 0.6) is 5.75 Å². The van der Waals surface area contributed by atoms with Crippen molar-refractivity contribution >= 4 is 11.3 Å². The molecule has 128 valence electrons. The highest BCUT2D eigenvalue weighted by Crippen LogP contribution is 2.35. The van der Waals surface area contributed by atoms with Gasteiger partial charge in [-0.2, -0.15) is 0 Å². The van der Waals surface area contributed by atoms with Gasteiger partial charge in [0.1, 0.15) is 5.75 Å². The summed E-state index contributed by atoms with van der Waals surface area (Å²) in [5.74, 6) is 1.92. The Labute approximate surface area is 147 Å². The van der Waals surface area contributed by atoms with E-state index >= 15 is 0 Å². The van der Waals surface area contributed by atoms with Gasteiger partial charge in [0.05, 0.1) is 25.5 Å². The zero-order chi connectivity index (χ0) is 16.5. The summed E-state index contributed by atoms with van der Waals surface area (Å²) in [5.41, 5.74) is 2.42. The second-order valence-corrected chi connectivity index (χ2v) is 7.96. The topological polar surface area (TPSA) is 34.6 Å². The summed E-state index contributed by atoms with van der Waals surface area (Å²) in [6, 6.07) is 6.19. The summed E-state index contributed by atoms with van der Waals surface area (Å²) in [6.07, 6.45) is 2.18. The summed E-state index contributed by atoms with van der Waals surface area (Å²) < 4.78 is 12.0.